The first kappa shape index (κ1) is 12.8. The number of rotatable bonds is 5. The minimum absolute atomic E-state index is 0.00403. The fourth-order valence-electron chi connectivity index (χ4n) is 2.68. The molecule has 0 bridgehead atoms. The highest BCUT2D eigenvalue weighted by Crippen LogP contribution is 2.44. The van der Waals surface area contributed by atoms with Crippen molar-refractivity contribution in [3.63, 3.8) is 0 Å². The van der Waals surface area contributed by atoms with Gasteiger partial charge in [0.2, 0.25) is 0 Å². The van der Waals surface area contributed by atoms with Crippen LogP contribution in [-0.4, -0.2) is 19.0 Å². The van der Waals surface area contributed by atoms with E-state index >= 15 is 0 Å². The topological polar surface area (TPSA) is 41.1 Å². The minimum Gasteiger partial charge on any atom is -0.387 e. The van der Waals surface area contributed by atoms with Crippen molar-refractivity contribution in [3.05, 3.63) is 28.8 Å². The van der Waals surface area contributed by atoms with Gasteiger partial charge in [-0.2, -0.15) is 0 Å². The third kappa shape index (κ3) is 2.86. The summed E-state index contributed by atoms with van der Waals surface area (Å²) < 4.78 is 0. The largest absolute Gasteiger partial charge is 0.387 e. The molecule has 19 heavy (non-hydrogen) atoms. The average Bonchev–Trinajstić information content (AvgIpc) is 3.29. The molecule has 0 aromatic heterocycles. The van der Waals surface area contributed by atoms with Crippen molar-refractivity contribution in [3.8, 4) is 0 Å². The fraction of sp³-hybridized carbons (Fsp3) is 0.533. The molecular weight excluding hydrogens is 260 g/mol. The van der Waals surface area contributed by atoms with Crippen molar-refractivity contribution >= 4 is 23.2 Å². The summed E-state index contributed by atoms with van der Waals surface area (Å²) >= 11 is 6.00. The van der Waals surface area contributed by atoms with Crippen LogP contribution < -0.4 is 10.6 Å². The number of amides is 1. The Balaban J connectivity index is 1.77. The Kier molecular flexibility index (Phi) is 3.40. The number of hydrogen-bond acceptors (Lipinski definition) is 2. The normalized spacial score (nSPS) is 18.5. The molecule has 2 aliphatic rings. The standard InChI is InChI=1S/C15H19ClN2O/c1-17-13-7-6-11(16)8-12(13)15(19)18-14(9-2-3-9)10-4-5-10/h6-10,14,17H,2-5H2,1H3,(H,18,19). The Labute approximate surface area is 118 Å². The van der Waals surface area contributed by atoms with Crippen molar-refractivity contribution in [1.82, 2.24) is 5.32 Å². The van der Waals surface area contributed by atoms with E-state index in [9.17, 15) is 4.79 Å². The molecule has 2 fully saturated rings. The fourth-order valence-corrected chi connectivity index (χ4v) is 2.85. The van der Waals surface area contributed by atoms with Gasteiger partial charge in [-0.3, -0.25) is 4.79 Å². The summed E-state index contributed by atoms with van der Waals surface area (Å²) in [6.07, 6.45) is 5.04. The lowest BCUT2D eigenvalue weighted by atomic mass is 10.1. The molecule has 0 atom stereocenters. The van der Waals surface area contributed by atoms with Gasteiger partial charge in [0, 0.05) is 23.8 Å². The molecule has 0 radical (unpaired) electrons. The molecule has 3 rings (SSSR count). The van der Waals surface area contributed by atoms with Gasteiger partial charge in [0.1, 0.15) is 0 Å². The lowest BCUT2D eigenvalue weighted by Crippen LogP contribution is -2.38. The quantitative estimate of drug-likeness (QED) is 0.868. The predicted molar refractivity (Wildman–Crippen MR) is 77.7 cm³/mol. The summed E-state index contributed by atoms with van der Waals surface area (Å²) in [6.45, 7) is 0. The van der Waals surface area contributed by atoms with E-state index in [1.807, 2.05) is 13.1 Å². The number of anilines is 1. The maximum Gasteiger partial charge on any atom is 0.253 e. The van der Waals surface area contributed by atoms with Crippen molar-refractivity contribution in [2.24, 2.45) is 11.8 Å². The molecule has 0 aliphatic heterocycles. The predicted octanol–water partition coefficient (Wildman–Crippen LogP) is 3.30. The molecular formula is C15H19ClN2O. The molecule has 2 saturated carbocycles. The van der Waals surface area contributed by atoms with E-state index < -0.39 is 0 Å². The number of nitrogens with one attached hydrogen (secondary N) is 2. The number of halogens is 1. The Hall–Kier alpha value is -1.22. The van der Waals surface area contributed by atoms with E-state index in [2.05, 4.69) is 10.6 Å². The van der Waals surface area contributed by atoms with Crippen LogP contribution in [0.15, 0.2) is 18.2 Å². The van der Waals surface area contributed by atoms with Crippen molar-refractivity contribution in [1.29, 1.82) is 0 Å². The van der Waals surface area contributed by atoms with E-state index in [0.29, 0.717) is 28.5 Å². The first-order chi connectivity index (χ1) is 9.19. The molecule has 2 N–H and O–H groups in total. The van der Waals surface area contributed by atoms with Gasteiger partial charge >= 0.3 is 0 Å². The minimum atomic E-state index is -0.00403. The summed E-state index contributed by atoms with van der Waals surface area (Å²) in [4.78, 5) is 12.4. The highest BCUT2D eigenvalue weighted by Gasteiger charge is 2.42. The van der Waals surface area contributed by atoms with Crippen LogP contribution in [0.3, 0.4) is 0 Å². The Morgan fingerprint density at radius 2 is 1.89 bits per heavy atom. The van der Waals surface area contributed by atoms with E-state index in [4.69, 9.17) is 11.6 Å². The lowest BCUT2D eigenvalue weighted by Gasteiger charge is -2.19. The van der Waals surface area contributed by atoms with Crippen molar-refractivity contribution in [2.75, 3.05) is 12.4 Å². The molecule has 0 unspecified atom stereocenters. The molecule has 0 spiro atoms. The Bertz CT molecular complexity index is 483. The second kappa shape index (κ2) is 5.04. The summed E-state index contributed by atoms with van der Waals surface area (Å²) in [5, 5.41) is 6.86. The van der Waals surface area contributed by atoms with Crippen LogP contribution in [0.25, 0.3) is 0 Å². The summed E-state index contributed by atoms with van der Waals surface area (Å²) in [7, 11) is 1.82. The average molecular weight is 279 g/mol. The van der Waals surface area contributed by atoms with Gasteiger partial charge in [-0.1, -0.05) is 11.6 Å². The van der Waals surface area contributed by atoms with E-state index in [-0.39, 0.29) is 5.91 Å². The number of carbonyl (C=O) groups is 1. The molecule has 102 valence electrons. The zero-order valence-electron chi connectivity index (χ0n) is 11.1. The summed E-state index contributed by atoms with van der Waals surface area (Å²) in [5.41, 5.74) is 1.47. The SMILES string of the molecule is CNc1ccc(Cl)cc1C(=O)NC(C1CC1)C1CC1. The first-order valence-corrected chi connectivity index (χ1v) is 7.35. The summed E-state index contributed by atoms with van der Waals surface area (Å²) in [5.74, 6) is 1.40. The maximum atomic E-state index is 12.4. The third-order valence-corrected chi connectivity index (χ3v) is 4.29. The second-order valence-corrected chi connectivity index (χ2v) is 6.05. The van der Waals surface area contributed by atoms with Gasteiger partial charge < -0.3 is 10.6 Å². The van der Waals surface area contributed by atoms with Crippen LogP contribution >= 0.6 is 11.6 Å². The van der Waals surface area contributed by atoms with E-state index in [1.54, 1.807) is 12.1 Å². The van der Waals surface area contributed by atoms with Crippen molar-refractivity contribution in [2.45, 2.75) is 31.7 Å². The number of benzene rings is 1. The van der Waals surface area contributed by atoms with Gasteiger partial charge in [-0.15, -0.1) is 0 Å². The number of hydrogen-bond donors (Lipinski definition) is 2. The zero-order valence-corrected chi connectivity index (χ0v) is 11.8. The highest BCUT2D eigenvalue weighted by molar-refractivity contribution is 6.31. The van der Waals surface area contributed by atoms with Crippen LogP contribution in [0.2, 0.25) is 5.02 Å². The smallest absolute Gasteiger partial charge is 0.253 e. The molecule has 0 heterocycles. The molecule has 3 nitrogen and oxygen atoms in total. The van der Waals surface area contributed by atoms with Crippen LogP contribution in [0.5, 0.6) is 0 Å². The Morgan fingerprint density at radius 3 is 2.42 bits per heavy atom. The van der Waals surface area contributed by atoms with E-state index in [1.165, 1.54) is 25.7 Å². The van der Waals surface area contributed by atoms with Gasteiger partial charge in [0.05, 0.1) is 5.56 Å². The second-order valence-electron chi connectivity index (χ2n) is 5.61. The molecule has 1 aromatic carbocycles. The van der Waals surface area contributed by atoms with Gasteiger partial charge in [-0.25, -0.2) is 0 Å². The van der Waals surface area contributed by atoms with Crippen LogP contribution in [0, 0.1) is 11.8 Å². The monoisotopic (exact) mass is 278 g/mol. The first-order valence-electron chi connectivity index (χ1n) is 6.97. The zero-order chi connectivity index (χ0) is 13.4. The molecule has 1 aromatic rings. The summed E-state index contributed by atoms with van der Waals surface area (Å²) in [6, 6.07) is 5.75. The van der Waals surface area contributed by atoms with Crippen molar-refractivity contribution < 1.29 is 4.79 Å². The molecule has 1 amide bonds. The Morgan fingerprint density at radius 1 is 1.26 bits per heavy atom. The van der Waals surface area contributed by atoms with E-state index in [0.717, 1.165) is 5.69 Å². The van der Waals surface area contributed by atoms with Crippen LogP contribution in [-0.2, 0) is 0 Å². The highest BCUT2D eigenvalue weighted by atomic mass is 35.5. The van der Waals surface area contributed by atoms with Crippen LogP contribution in [0.4, 0.5) is 5.69 Å². The van der Waals surface area contributed by atoms with Gasteiger partial charge in [0.25, 0.3) is 5.91 Å². The maximum absolute atomic E-state index is 12.4. The molecule has 0 saturated heterocycles. The van der Waals surface area contributed by atoms with Crippen LogP contribution in [0.1, 0.15) is 36.0 Å². The van der Waals surface area contributed by atoms with Gasteiger partial charge in [-0.05, 0) is 55.7 Å². The molecule has 4 heteroatoms. The third-order valence-electron chi connectivity index (χ3n) is 4.05. The molecule has 2 aliphatic carbocycles. The van der Waals surface area contributed by atoms with Gasteiger partial charge in [0.15, 0.2) is 0 Å². The lowest BCUT2D eigenvalue weighted by molar-refractivity contribution is 0.0927. The number of carbonyl (C=O) groups excluding carboxylic acids is 1.